The van der Waals surface area contributed by atoms with Crippen molar-refractivity contribution in [1.29, 1.82) is 0 Å². The highest BCUT2D eigenvalue weighted by Crippen LogP contribution is 2.26. The van der Waals surface area contributed by atoms with Crippen molar-refractivity contribution in [3.05, 3.63) is 64.7 Å². The van der Waals surface area contributed by atoms with Gasteiger partial charge in [0.05, 0.1) is 5.03 Å². The zero-order chi connectivity index (χ0) is 13.0. The smallest absolute Gasteiger partial charge is 0.161 e. The number of carbonyl (C=O) groups excluding carboxylic acids is 1. The lowest BCUT2D eigenvalue weighted by atomic mass is 9.97. The molecule has 0 heterocycles. The van der Waals surface area contributed by atoms with E-state index in [-0.39, 0.29) is 5.03 Å². The molecule has 0 aromatic heterocycles. The molecule has 0 saturated carbocycles. The van der Waals surface area contributed by atoms with Gasteiger partial charge in [0.15, 0.2) is 6.29 Å². The number of benzene rings is 2. The standard InChI is InChI=1S/C16H13ClO/c1-12-7-8-14(10-15(17)11-18)16(9-12)13-5-3-2-4-6-13/h2-11H,1H3. The van der Waals surface area contributed by atoms with Crippen molar-refractivity contribution < 1.29 is 4.79 Å². The van der Waals surface area contributed by atoms with Crippen molar-refractivity contribution in [2.45, 2.75) is 6.92 Å². The van der Waals surface area contributed by atoms with Crippen LogP contribution in [0.15, 0.2) is 53.6 Å². The summed E-state index contributed by atoms with van der Waals surface area (Å²) in [5.41, 5.74) is 4.32. The molecule has 0 fully saturated rings. The first-order valence-electron chi connectivity index (χ1n) is 5.69. The van der Waals surface area contributed by atoms with Gasteiger partial charge in [0, 0.05) is 0 Å². The Morgan fingerprint density at radius 2 is 1.83 bits per heavy atom. The van der Waals surface area contributed by atoms with Gasteiger partial charge in [-0.2, -0.15) is 0 Å². The average Bonchev–Trinajstić information content (AvgIpc) is 2.41. The highest BCUT2D eigenvalue weighted by molar-refractivity contribution is 6.40. The molecule has 1 nitrogen and oxygen atoms in total. The summed E-state index contributed by atoms with van der Waals surface area (Å²) >= 11 is 5.79. The van der Waals surface area contributed by atoms with Crippen LogP contribution in [0.1, 0.15) is 11.1 Å². The van der Waals surface area contributed by atoms with E-state index in [0.717, 1.165) is 16.7 Å². The molecule has 0 aliphatic heterocycles. The van der Waals surface area contributed by atoms with Crippen molar-refractivity contribution in [1.82, 2.24) is 0 Å². The first-order valence-corrected chi connectivity index (χ1v) is 6.07. The molecule has 0 aliphatic carbocycles. The Morgan fingerprint density at radius 1 is 1.11 bits per heavy atom. The van der Waals surface area contributed by atoms with Gasteiger partial charge in [0.2, 0.25) is 0 Å². The Balaban J connectivity index is 2.58. The summed E-state index contributed by atoms with van der Waals surface area (Å²) in [7, 11) is 0. The number of hydrogen-bond acceptors (Lipinski definition) is 1. The summed E-state index contributed by atoms with van der Waals surface area (Å²) in [5.74, 6) is 0. The van der Waals surface area contributed by atoms with E-state index in [1.54, 1.807) is 6.08 Å². The van der Waals surface area contributed by atoms with Crippen LogP contribution in [0.2, 0.25) is 0 Å². The summed E-state index contributed by atoms with van der Waals surface area (Å²) in [6.07, 6.45) is 2.34. The molecule has 0 bridgehead atoms. The average molecular weight is 257 g/mol. The van der Waals surface area contributed by atoms with Gasteiger partial charge < -0.3 is 0 Å². The Morgan fingerprint density at radius 3 is 2.50 bits per heavy atom. The number of allylic oxidation sites excluding steroid dienone is 1. The minimum Gasteiger partial charge on any atom is -0.297 e. The molecule has 2 heteroatoms. The van der Waals surface area contributed by atoms with Gasteiger partial charge in [-0.1, -0.05) is 65.7 Å². The van der Waals surface area contributed by atoms with E-state index in [4.69, 9.17) is 11.6 Å². The van der Waals surface area contributed by atoms with Crippen LogP contribution in [-0.4, -0.2) is 6.29 Å². The molecule has 2 rings (SSSR count). The highest BCUT2D eigenvalue weighted by Gasteiger charge is 2.04. The normalized spacial score (nSPS) is 11.3. The second kappa shape index (κ2) is 5.65. The quantitative estimate of drug-likeness (QED) is 0.586. The summed E-state index contributed by atoms with van der Waals surface area (Å²) < 4.78 is 0. The van der Waals surface area contributed by atoms with E-state index in [2.05, 4.69) is 6.07 Å². The van der Waals surface area contributed by atoms with Gasteiger partial charge >= 0.3 is 0 Å². The predicted molar refractivity (Wildman–Crippen MR) is 76.5 cm³/mol. The molecule has 2 aromatic carbocycles. The Labute approximate surface area is 112 Å². The summed E-state index contributed by atoms with van der Waals surface area (Å²) in [5, 5.41) is 0.205. The number of rotatable bonds is 3. The monoisotopic (exact) mass is 256 g/mol. The molecule has 90 valence electrons. The van der Waals surface area contributed by atoms with Crippen LogP contribution in [0.3, 0.4) is 0 Å². The van der Waals surface area contributed by atoms with Gasteiger partial charge in [0.1, 0.15) is 0 Å². The van der Waals surface area contributed by atoms with Crippen LogP contribution < -0.4 is 0 Å². The van der Waals surface area contributed by atoms with Crippen LogP contribution in [0.25, 0.3) is 17.2 Å². The van der Waals surface area contributed by atoms with E-state index in [0.29, 0.717) is 6.29 Å². The predicted octanol–water partition coefficient (Wildman–Crippen LogP) is 4.44. The molecule has 0 radical (unpaired) electrons. The van der Waals surface area contributed by atoms with Crippen molar-refractivity contribution in [3.63, 3.8) is 0 Å². The highest BCUT2D eigenvalue weighted by atomic mass is 35.5. The first kappa shape index (κ1) is 12.6. The molecule has 0 spiro atoms. The van der Waals surface area contributed by atoms with Crippen molar-refractivity contribution in [3.8, 4) is 11.1 Å². The minimum atomic E-state index is 0.205. The third-order valence-corrected chi connectivity index (χ3v) is 2.90. The van der Waals surface area contributed by atoms with Crippen molar-refractivity contribution >= 4 is 24.0 Å². The lowest BCUT2D eigenvalue weighted by Crippen LogP contribution is -1.86. The Bertz CT molecular complexity index is 585. The molecule has 0 N–H and O–H groups in total. The van der Waals surface area contributed by atoms with E-state index in [9.17, 15) is 4.79 Å². The maximum atomic E-state index is 10.6. The largest absolute Gasteiger partial charge is 0.297 e. The van der Waals surface area contributed by atoms with Crippen molar-refractivity contribution in [2.75, 3.05) is 0 Å². The molecule has 18 heavy (non-hydrogen) atoms. The SMILES string of the molecule is Cc1ccc(C=C(Cl)C=O)c(-c2ccccc2)c1. The van der Waals surface area contributed by atoms with E-state index >= 15 is 0 Å². The fourth-order valence-electron chi connectivity index (χ4n) is 1.85. The Kier molecular flexibility index (Phi) is 3.96. The molecular formula is C16H13ClO. The van der Waals surface area contributed by atoms with Gasteiger partial charge in [-0.3, -0.25) is 4.79 Å². The van der Waals surface area contributed by atoms with Crippen LogP contribution in [0.5, 0.6) is 0 Å². The molecule has 0 aliphatic rings. The maximum Gasteiger partial charge on any atom is 0.161 e. The first-order chi connectivity index (χ1) is 8.70. The van der Waals surface area contributed by atoms with E-state index < -0.39 is 0 Å². The van der Waals surface area contributed by atoms with Crippen LogP contribution in [-0.2, 0) is 4.79 Å². The maximum absolute atomic E-state index is 10.6. The topological polar surface area (TPSA) is 17.1 Å². The zero-order valence-corrected chi connectivity index (χ0v) is 10.8. The van der Waals surface area contributed by atoms with Crippen LogP contribution >= 0.6 is 11.6 Å². The molecule has 2 aromatic rings. The molecule has 0 atom stereocenters. The van der Waals surface area contributed by atoms with Crippen molar-refractivity contribution in [2.24, 2.45) is 0 Å². The van der Waals surface area contributed by atoms with E-state index in [1.807, 2.05) is 49.4 Å². The van der Waals surface area contributed by atoms with Gasteiger partial charge in [0.25, 0.3) is 0 Å². The van der Waals surface area contributed by atoms with E-state index in [1.165, 1.54) is 5.56 Å². The second-order valence-corrected chi connectivity index (χ2v) is 4.54. The third-order valence-electron chi connectivity index (χ3n) is 2.70. The summed E-state index contributed by atoms with van der Waals surface area (Å²) in [6.45, 7) is 2.04. The molecular weight excluding hydrogens is 244 g/mol. The molecule has 0 amide bonds. The van der Waals surface area contributed by atoms with Gasteiger partial charge in [-0.15, -0.1) is 0 Å². The zero-order valence-electron chi connectivity index (χ0n) is 10.1. The summed E-state index contributed by atoms with van der Waals surface area (Å²) in [4.78, 5) is 10.6. The number of carbonyl (C=O) groups is 1. The molecule has 0 unspecified atom stereocenters. The fraction of sp³-hybridized carbons (Fsp3) is 0.0625. The number of halogens is 1. The lowest BCUT2D eigenvalue weighted by Gasteiger charge is -2.08. The summed E-state index contributed by atoms with van der Waals surface area (Å²) in [6, 6.07) is 16.1. The van der Waals surface area contributed by atoms with Gasteiger partial charge in [-0.05, 0) is 29.7 Å². The number of hydrogen-bond donors (Lipinski definition) is 0. The lowest BCUT2D eigenvalue weighted by molar-refractivity contribution is -0.104. The second-order valence-electron chi connectivity index (χ2n) is 4.10. The molecule has 0 saturated heterocycles. The van der Waals surface area contributed by atoms with Crippen LogP contribution in [0.4, 0.5) is 0 Å². The third kappa shape index (κ3) is 2.88. The minimum absolute atomic E-state index is 0.205. The van der Waals surface area contributed by atoms with Gasteiger partial charge in [-0.25, -0.2) is 0 Å². The van der Waals surface area contributed by atoms with Crippen LogP contribution in [0, 0.1) is 6.92 Å². The number of aldehydes is 1. The number of aryl methyl sites for hydroxylation is 1. The fourth-order valence-corrected chi connectivity index (χ4v) is 1.96. The Hall–Kier alpha value is -1.86.